The van der Waals surface area contributed by atoms with Gasteiger partial charge in [-0.05, 0) is 46.8 Å². The number of aliphatic imine (C=N–C) groups is 1. The summed E-state index contributed by atoms with van der Waals surface area (Å²) in [5, 5.41) is 2.74. The predicted octanol–water partition coefficient (Wildman–Crippen LogP) is 4.13. The van der Waals surface area contributed by atoms with Crippen LogP contribution in [0.1, 0.15) is 49.3 Å². The van der Waals surface area contributed by atoms with Crippen LogP contribution >= 0.6 is 0 Å². The van der Waals surface area contributed by atoms with Crippen LogP contribution in [-0.4, -0.2) is 84.0 Å². The van der Waals surface area contributed by atoms with Crippen molar-refractivity contribution < 1.29 is 23.5 Å². The third-order valence-electron chi connectivity index (χ3n) is 6.65. The van der Waals surface area contributed by atoms with Gasteiger partial charge in [0.05, 0.1) is 35.3 Å². The van der Waals surface area contributed by atoms with Crippen LogP contribution in [0.4, 0.5) is 26.2 Å². The van der Waals surface area contributed by atoms with Gasteiger partial charge in [0.25, 0.3) is 5.91 Å². The maximum atomic E-state index is 14.6. The number of nitrogen functional groups attached to an aromatic ring is 1. The Labute approximate surface area is 239 Å². The highest BCUT2D eigenvalue weighted by molar-refractivity contribution is 6.11. The zero-order valence-corrected chi connectivity index (χ0v) is 24.4. The maximum absolute atomic E-state index is 14.6. The van der Waals surface area contributed by atoms with Gasteiger partial charge in [-0.3, -0.25) is 9.79 Å². The largest absolute Gasteiger partial charge is 0.444 e. The van der Waals surface area contributed by atoms with Gasteiger partial charge in [-0.2, -0.15) is 0 Å². The molecule has 1 aliphatic heterocycles. The van der Waals surface area contributed by atoms with Gasteiger partial charge in [-0.15, -0.1) is 0 Å². The van der Waals surface area contributed by atoms with Gasteiger partial charge in [0.1, 0.15) is 5.60 Å². The molecule has 12 heteroatoms. The number of rotatable bonds is 7. The number of benzene rings is 1. The minimum absolute atomic E-state index is 0.101. The van der Waals surface area contributed by atoms with Crippen LogP contribution in [0.3, 0.4) is 0 Å². The molecule has 3 heterocycles. The number of ether oxygens (including phenoxy) is 2. The van der Waals surface area contributed by atoms with Gasteiger partial charge >= 0.3 is 6.09 Å². The first-order chi connectivity index (χ1) is 19.4. The molecule has 1 unspecified atom stereocenters. The number of pyridine rings is 1. The number of methoxy groups -OCH3 is 1. The van der Waals surface area contributed by atoms with E-state index in [4.69, 9.17) is 15.2 Å². The molecule has 11 nitrogen and oxygen atoms in total. The second-order valence-corrected chi connectivity index (χ2v) is 11.1. The van der Waals surface area contributed by atoms with Gasteiger partial charge in [0.15, 0.2) is 11.5 Å². The molecule has 1 aromatic carbocycles. The van der Waals surface area contributed by atoms with E-state index in [0.717, 1.165) is 5.69 Å². The third kappa shape index (κ3) is 7.12. The molecule has 1 saturated heterocycles. The van der Waals surface area contributed by atoms with Crippen LogP contribution in [0.25, 0.3) is 5.65 Å². The Balaban J connectivity index is 1.59. The number of piperazine rings is 1. The molecule has 41 heavy (non-hydrogen) atoms. The van der Waals surface area contributed by atoms with Gasteiger partial charge in [0, 0.05) is 69.2 Å². The molecular weight excluding hydrogens is 529 g/mol. The summed E-state index contributed by atoms with van der Waals surface area (Å²) in [4.78, 5) is 38.3. The van der Waals surface area contributed by atoms with Crippen molar-refractivity contribution in [1.82, 2.24) is 14.3 Å². The summed E-state index contributed by atoms with van der Waals surface area (Å²) < 4.78 is 26.9. The molecule has 4 rings (SSSR count). The lowest BCUT2D eigenvalue weighted by molar-refractivity contribution is 0.0240. The Bertz CT molecular complexity index is 1460. The average molecular weight is 568 g/mol. The van der Waals surface area contributed by atoms with Crippen molar-refractivity contribution in [3.63, 3.8) is 0 Å². The number of nitrogens with zero attached hydrogens (tertiary/aromatic N) is 5. The molecule has 0 bridgehead atoms. The number of carbonyl (C=O) groups is 2. The summed E-state index contributed by atoms with van der Waals surface area (Å²) in [6.07, 6.45) is 4.47. The highest BCUT2D eigenvalue weighted by atomic mass is 19.1. The molecule has 2 aromatic heterocycles. The third-order valence-corrected chi connectivity index (χ3v) is 6.65. The van der Waals surface area contributed by atoms with E-state index in [-0.39, 0.29) is 34.8 Å². The highest BCUT2D eigenvalue weighted by Gasteiger charge is 2.28. The Kier molecular flexibility index (Phi) is 8.81. The molecule has 0 radical (unpaired) electrons. The zero-order chi connectivity index (χ0) is 29.9. The number of aromatic nitrogens is 2. The SMILES string of the molecule is COC(C)CN=Cc1c(N2CCN(C(=O)OC(C)(C)C)CC2)ccc(C(=O)Nc2cc(F)c3nc(C)cn3c2)c1N. The second kappa shape index (κ2) is 12.1. The molecule has 3 aromatic rings. The first-order valence-electron chi connectivity index (χ1n) is 13.5. The van der Waals surface area contributed by atoms with E-state index in [1.165, 1.54) is 10.5 Å². The van der Waals surface area contributed by atoms with E-state index < -0.39 is 17.3 Å². The fourth-order valence-electron chi connectivity index (χ4n) is 4.50. The second-order valence-electron chi connectivity index (χ2n) is 11.1. The highest BCUT2D eigenvalue weighted by Crippen LogP contribution is 2.30. The number of anilines is 3. The summed E-state index contributed by atoms with van der Waals surface area (Å²) >= 11 is 0. The first-order valence-corrected chi connectivity index (χ1v) is 13.5. The normalized spacial score (nSPS) is 15.0. The summed E-state index contributed by atoms with van der Waals surface area (Å²) in [5.41, 5.74) is 8.95. The fourth-order valence-corrected chi connectivity index (χ4v) is 4.50. The number of aryl methyl sites for hydroxylation is 1. The van der Waals surface area contributed by atoms with Crippen molar-refractivity contribution in [2.24, 2.45) is 4.99 Å². The van der Waals surface area contributed by atoms with Crippen molar-refractivity contribution in [3.05, 3.63) is 53.2 Å². The predicted molar refractivity (Wildman–Crippen MR) is 158 cm³/mol. The number of amides is 2. The van der Waals surface area contributed by atoms with Crippen LogP contribution in [0.15, 0.2) is 35.6 Å². The fraction of sp³-hybridized carbons (Fsp3) is 0.448. The van der Waals surface area contributed by atoms with Gasteiger partial charge in [-0.1, -0.05) is 0 Å². The van der Waals surface area contributed by atoms with Gasteiger partial charge < -0.3 is 34.7 Å². The van der Waals surface area contributed by atoms with E-state index in [2.05, 4.69) is 20.2 Å². The lowest BCUT2D eigenvalue weighted by atomic mass is 10.0. The Morgan fingerprint density at radius 1 is 1.22 bits per heavy atom. The van der Waals surface area contributed by atoms with Crippen LogP contribution in [-0.2, 0) is 9.47 Å². The Hall–Kier alpha value is -4.19. The number of imidazole rings is 1. The number of nitrogens with one attached hydrogen (secondary N) is 1. The topological polar surface area (TPSA) is 127 Å². The molecule has 1 fully saturated rings. The molecule has 220 valence electrons. The van der Waals surface area contributed by atoms with Crippen LogP contribution in [0, 0.1) is 12.7 Å². The monoisotopic (exact) mass is 567 g/mol. The van der Waals surface area contributed by atoms with Gasteiger partial charge in [0.2, 0.25) is 0 Å². The van der Waals surface area contributed by atoms with E-state index in [9.17, 15) is 14.0 Å². The minimum atomic E-state index is -0.572. The molecule has 1 atom stereocenters. The average Bonchev–Trinajstić information content (AvgIpc) is 3.29. The lowest BCUT2D eigenvalue weighted by Gasteiger charge is -2.37. The molecule has 3 N–H and O–H groups in total. The molecule has 0 aliphatic carbocycles. The molecule has 0 spiro atoms. The van der Waals surface area contributed by atoms with Crippen LogP contribution < -0.4 is 16.0 Å². The number of carbonyl (C=O) groups excluding carboxylic acids is 2. The van der Waals surface area contributed by atoms with Crippen LogP contribution in [0.5, 0.6) is 0 Å². The van der Waals surface area contributed by atoms with Gasteiger partial charge in [-0.25, -0.2) is 14.2 Å². The number of nitrogens with two attached hydrogens (primary N) is 1. The quantitative estimate of drug-likeness (QED) is 0.325. The first kappa shape index (κ1) is 29.8. The van der Waals surface area contributed by atoms with Crippen molar-refractivity contribution in [2.75, 3.05) is 55.8 Å². The summed E-state index contributed by atoms with van der Waals surface area (Å²) in [6.45, 7) is 11.6. The lowest BCUT2D eigenvalue weighted by Crippen LogP contribution is -2.50. The van der Waals surface area contributed by atoms with E-state index in [1.54, 1.807) is 43.6 Å². The minimum Gasteiger partial charge on any atom is -0.444 e. The number of fused-ring (bicyclic) bond motifs is 1. The smallest absolute Gasteiger partial charge is 0.410 e. The Morgan fingerprint density at radius 2 is 1.93 bits per heavy atom. The van der Waals surface area contributed by atoms with E-state index >= 15 is 0 Å². The molecule has 2 amide bonds. The van der Waals surface area contributed by atoms with Crippen LogP contribution in [0.2, 0.25) is 0 Å². The van der Waals surface area contributed by atoms with Crippen molar-refractivity contribution >= 4 is 40.9 Å². The van der Waals surface area contributed by atoms with Crippen molar-refractivity contribution in [3.8, 4) is 0 Å². The number of hydrogen-bond donors (Lipinski definition) is 2. The zero-order valence-electron chi connectivity index (χ0n) is 24.4. The summed E-state index contributed by atoms with van der Waals surface area (Å²) in [5.74, 6) is -1.04. The number of halogens is 1. The van der Waals surface area contributed by atoms with E-state index in [1.807, 2.05) is 33.8 Å². The van der Waals surface area contributed by atoms with E-state index in [0.29, 0.717) is 44.0 Å². The molecule has 1 aliphatic rings. The number of hydrogen-bond acceptors (Lipinski definition) is 8. The maximum Gasteiger partial charge on any atom is 0.410 e. The van der Waals surface area contributed by atoms with Crippen molar-refractivity contribution in [1.29, 1.82) is 0 Å². The summed E-state index contributed by atoms with van der Waals surface area (Å²) in [7, 11) is 1.61. The molecule has 0 saturated carbocycles. The molecular formula is C29H38FN7O4. The Morgan fingerprint density at radius 3 is 2.59 bits per heavy atom. The summed E-state index contributed by atoms with van der Waals surface area (Å²) in [6, 6.07) is 4.69. The standard InChI is InChI=1S/C29H38FN7O4/c1-18-16-37-17-20(13-23(30)26(37)33-18)34-27(38)21-7-8-24(22(25(21)31)15-32-14-19(2)40-6)35-9-11-36(12-10-35)28(39)41-29(3,4)5/h7-8,13,15-17,19H,9-12,14,31H2,1-6H3,(H,34,38). The van der Waals surface area contributed by atoms with Crippen molar-refractivity contribution in [2.45, 2.75) is 46.3 Å².